The standard InChI is InChI=1S/C17H11ClF2N4O2/c1-24-16(22-23-17(24)25)8-26-15-6-13(18)9(7-21)4-12(15)11-5-10(19)2-3-14(11)20/h2-6H,8H2,1H3,(H,23,25). The summed E-state index contributed by atoms with van der Waals surface area (Å²) in [5, 5.41) is 15.3. The Morgan fingerprint density at radius 3 is 2.73 bits per heavy atom. The van der Waals surface area contributed by atoms with E-state index in [0.717, 1.165) is 18.2 Å². The van der Waals surface area contributed by atoms with E-state index in [4.69, 9.17) is 21.6 Å². The second kappa shape index (κ2) is 6.98. The number of aromatic nitrogens is 3. The monoisotopic (exact) mass is 376 g/mol. The average molecular weight is 377 g/mol. The van der Waals surface area contributed by atoms with E-state index in [-0.39, 0.29) is 34.1 Å². The van der Waals surface area contributed by atoms with Gasteiger partial charge in [0.05, 0.1) is 10.6 Å². The molecule has 0 aliphatic rings. The van der Waals surface area contributed by atoms with Gasteiger partial charge in [0.2, 0.25) is 0 Å². The predicted octanol–water partition coefficient (Wildman–Crippen LogP) is 3.16. The molecule has 0 bridgehead atoms. The van der Waals surface area contributed by atoms with Gasteiger partial charge in [-0.2, -0.15) is 10.4 Å². The fourth-order valence-corrected chi connectivity index (χ4v) is 2.52. The Balaban J connectivity index is 2.07. The first kappa shape index (κ1) is 17.6. The minimum atomic E-state index is -0.686. The maximum atomic E-state index is 14.2. The second-order valence-electron chi connectivity index (χ2n) is 5.36. The minimum absolute atomic E-state index is 0.0796. The number of nitrogens with one attached hydrogen (secondary N) is 1. The van der Waals surface area contributed by atoms with Gasteiger partial charge >= 0.3 is 5.69 Å². The van der Waals surface area contributed by atoms with Crippen molar-refractivity contribution in [3.05, 3.63) is 68.9 Å². The molecule has 0 unspecified atom stereocenters. The zero-order chi connectivity index (χ0) is 18.8. The number of H-pyrrole nitrogens is 1. The first-order valence-electron chi connectivity index (χ1n) is 7.33. The van der Waals surface area contributed by atoms with Crippen molar-refractivity contribution in [2.75, 3.05) is 0 Å². The summed E-state index contributed by atoms with van der Waals surface area (Å²) >= 11 is 6.03. The van der Waals surface area contributed by atoms with Crippen LogP contribution < -0.4 is 10.4 Å². The van der Waals surface area contributed by atoms with E-state index in [1.807, 2.05) is 6.07 Å². The summed E-state index contributed by atoms with van der Waals surface area (Å²) in [4.78, 5) is 11.4. The molecule has 6 nitrogen and oxygen atoms in total. The van der Waals surface area contributed by atoms with Crippen LogP contribution >= 0.6 is 11.6 Å². The number of aromatic amines is 1. The van der Waals surface area contributed by atoms with Crippen LogP contribution in [0.15, 0.2) is 35.1 Å². The third-order valence-corrected chi connectivity index (χ3v) is 4.05. The lowest BCUT2D eigenvalue weighted by Gasteiger charge is -2.13. The average Bonchev–Trinajstić information content (AvgIpc) is 2.94. The molecule has 1 N–H and O–H groups in total. The highest BCUT2D eigenvalue weighted by molar-refractivity contribution is 6.32. The molecule has 2 aromatic carbocycles. The van der Waals surface area contributed by atoms with Crippen molar-refractivity contribution >= 4 is 11.6 Å². The number of benzene rings is 2. The predicted molar refractivity (Wildman–Crippen MR) is 89.7 cm³/mol. The largest absolute Gasteiger partial charge is 0.485 e. The molecule has 0 amide bonds. The summed E-state index contributed by atoms with van der Waals surface area (Å²) in [7, 11) is 1.50. The molecule has 0 fully saturated rings. The van der Waals surface area contributed by atoms with Gasteiger partial charge in [0.1, 0.15) is 30.1 Å². The van der Waals surface area contributed by atoms with Crippen LogP contribution in [0.2, 0.25) is 5.02 Å². The van der Waals surface area contributed by atoms with Gasteiger partial charge < -0.3 is 4.74 Å². The summed E-state index contributed by atoms with van der Waals surface area (Å²) in [6.45, 7) is -0.124. The Morgan fingerprint density at radius 1 is 1.31 bits per heavy atom. The van der Waals surface area contributed by atoms with Crippen molar-refractivity contribution in [3.63, 3.8) is 0 Å². The Labute approximate surface area is 151 Å². The summed E-state index contributed by atoms with van der Waals surface area (Å²) in [6.07, 6.45) is 0. The zero-order valence-corrected chi connectivity index (χ0v) is 14.1. The molecular formula is C17H11ClF2N4O2. The van der Waals surface area contributed by atoms with Gasteiger partial charge in [0.15, 0.2) is 5.82 Å². The van der Waals surface area contributed by atoms with Crippen LogP contribution in [0.5, 0.6) is 5.75 Å². The Hall–Kier alpha value is -3.18. The molecule has 0 radical (unpaired) electrons. The normalized spacial score (nSPS) is 10.6. The quantitative estimate of drug-likeness (QED) is 0.758. The number of nitriles is 1. The first-order valence-corrected chi connectivity index (χ1v) is 7.70. The molecule has 0 aliphatic heterocycles. The smallest absolute Gasteiger partial charge is 0.343 e. The fraction of sp³-hybridized carbons (Fsp3) is 0.118. The SMILES string of the molecule is Cn1c(COc2cc(Cl)c(C#N)cc2-c2cc(F)ccc2F)n[nH]c1=O. The summed E-state index contributed by atoms with van der Waals surface area (Å²) in [5.41, 5.74) is -0.254. The molecule has 3 rings (SSSR count). The molecule has 3 aromatic rings. The van der Waals surface area contributed by atoms with Gasteiger partial charge in [-0.05, 0) is 24.3 Å². The lowest BCUT2D eigenvalue weighted by Crippen LogP contribution is -2.15. The van der Waals surface area contributed by atoms with Crippen LogP contribution in [0, 0.1) is 23.0 Å². The molecular weight excluding hydrogens is 366 g/mol. The van der Waals surface area contributed by atoms with E-state index in [1.54, 1.807) is 0 Å². The number of hydrogen-bond donors (Lipinski definition) is 1. The lowest BCUT2D eigenvalue weighted by molar-refractivity contribution is 0.292. The second-order valence-corrected chi connectivity index (χ2v) is 5.76. The lowest BCUT2D eigenvalue weighted by atomic mass is 10.0. The highest BCUT2D eigenvalue weighted by atomic mass is 35.5. The van der Waals surface area contributed by atoms with Crippen molar-refractivity contribution in [1.29, 1.82) is 5.26 Å². The van der Waals surface area contributed by atoms with Crippen molar-refractivity contribution < 1.29 is 13.5 Å². The number of ether oxygens (including phenoxy) is 1. The van der Waals surface area contributed by atoms with E-state index < -0.39 is 17.3 Å². The fourth-order valence-electron chi connectivity index (χ4n) is 2.33. The van der Waals surface area contributed by atoms with E-state index in [1.165, 1.54) is 23.7 Å². The molecule has 1 heterocycles. The summed E-state index contributed by atoms with van der Waals surface area (Å²) in [5.74, 6) is -0.916. The van der Waals surface area contributed by atoms with Gasteiger partial charge in [-0.25, -0.2) is 18.7 Å². The maximum Gasteiger partial charge on any atom is 0.343 e. The third kappa shape index (κ3) is 3.30. The van der Waals surface area contributed by atoms with Gasteiger partial charge in [-0.3, -0.25) is 4.57 Å². The minimum Gasteiger partial charge on any atom is -0.485 e. The van der Waals surface area contributed by atoms with Gasteiger partial charge in [0.25, 0.3) is 0 Å². The molecule has 0 aliphatic carbocycles. The molecule has 0 atom stereocenters. The van der Waals surface area contributed by atoms with Gasteiger partial charge in [-0.15, -0.1) is 0 Å². The first-order chi connectivity index (χ1) is 12.4. The molecule has 0 saturated carbocycles. The maximum absolute atomic E-state index is 14.2. The van der Waals surface area contributed by atoms with Crippen molar-refractivity contribution in [3.8, 4) is 22.9 Å². The molecule has 132 valence electrons. The number of nitrogens with zero attached hydrogens (tertiary/aromatic N) is 3. The van der Waals surface area contributed by atoms with Gasteiger partial charge in [0, 0.05) is 24.2 Å². The van der Waals surface area contributed by atoms with E-state index in [9.17, 15) is 13.6 Å². The van der Waals surface area contributed by atoms with Crippen molar-refractivity contribution in [1.82, 2.24) is 14.8 Å². The molecule has 9 heteroatoms. The van der Waals surface area contributed by atoms with E-state index in [2.05, 4.69) is 10.2 Å². The van der Waals surface area contributed by atoms with E-state index in [0.29, 0.717) is 5.82 Å². The number of halogens is 3. The third-order valence-electron chi connectivity index (χ3n) is 3.74. The molecule has 26 heavy (non-hydrogen) atoms. The zero-order valence-electron chi connectivity index (χ0n) is 13.4. The number of hydrogen-bond acceptors (Lipinski definition) is 4. The Morgan fingerprint density at radius 2 is 2.08 bits per heavy atom. The van der Waals surface area contributed by atoms with Crippen molar-refractivity contribution in [2.24, 2.45) is 7.05 Å². The van der Waals surface area contributed by atoms with Crippen LogP contribution in [0.3, 0.4) is 0 Å². The Bertz CT molecular complexity index is 1090. The van der Waals surface area contributed by atoms with E-state index >= 15 is 0 Å². The summed E-state index contributed by atoms with van der Waals surface area (Å²) < 4.78 is 34.6. The van der Waals surface area contributed by atoms with Crippen molar-refractivity contribution in [2.45, 2.75) is 6.61 Å². The van der Waals surface area contributed by atoms with Crippen LogP contribution in [-0.4, -0.2) is 14.8 Å². The number of rotatable bonds is 4. The molecule has 0 saturated heterocycles. The summed E-state index contributed by atoms with van der Waals surface area (Å²) in [6, 6.07) is 7.50. The topological polar surface area (TPSA) is 83.7 Å². The Kier molecular flexibility index (Phi) is 4.73. The highest BCUT2D eigenvalue weighted by Gasteiger charge is 2.17. The van der Waals surface area contributed by atoms with Crippen LogP contribution in [0.25, 0.3) is 11.1 Å². The van der Waals surface area contributed by atoms with Gasteiger partial charge in [-0.1, -0.05) is 11.6 Å². The van der Waals surface area contributed by atoms with Crippen LogP contribution in [-0.2, 0) is 13.7 Å². The highest BCUT2D eigenvalue weighted by Crippen LogP contribution is 2.36. The molecule has 0 spiro atoms. The van der Waals surface area contributed by atoms with Crippen LogP contribution in [0.1, 0.15) is 11.4 Å². The molecule has 1 aromatic heterocycles. The van der Waals surface area contributed by atoms with Crippen LogP contribution in [0.4, 0.5) is 8.78 Å².